The molecule has 0 bridgehead atoms. The van der Waals surface area contributed by atoms with Gasteiger partial charge in [-0.1, -0.05) is 243 Å². The lowest BCUT2D eigenvalue weighted by molar-refractivity contribution is 0.768. The molecular weight excluding hydrogens is 905 g/mol. The van der Waals surface area contributed by atoms with E-state index < -0.39 is 5.41 Å². The molecule has 0 amide bonds. The lowest BCUT2D eigenvalue weighted by atomic mass is 9.67. The quantitative estimate of drug-likeness (QED) is 0.133. The number of rotatable bonds is 10. The van der Waals surface area contributed by atoms with Crippen molar-refractivity contribution in [3.05, 3.63) is 326 Å². The van der Waals surface area contributed by atoms with Gasteiger partial charge in [0.1, 0.15) is 0 Å². The first-order valence-electron chi connectivity index (χ1n) is 25.9. The second-order valence-electron chi connectivity index (χ2n) is 19.6. The van der Waals surface area contributed by atoms with Crippen LogP contribution in [0.3, 0.4) is 0 Å². The van der Waals surface area contributed by atoms with Crippen LogP contribution >= 0.6 is 0 Å². The van der Waals surface area contributed by atoms with Crippen molar-refractivity contribution in [1.29, 1.82) is 0 Å². The van der Waals surface area contributed by atoms with Gasteiger partial charge in [0.25, 0.3) is 0 Å². The number of anilines is 3. The lowest BCUT2D eigenvalue weighted by Gasteiger charge is -2.35. The zero-order valence-electron chi connectivity index (χ0n) is 41.3. The Morgan fingerprint density at radius 3 is 1.41 bits per heavy atom. The van der Waals surface area contributed by atoms with Crippen LogP contribution < -0.4 is 4.90 Å². The highest BCUT2D eigenvalue weighted by Gasteiger charge is 2.46. The highest BCUT2D eigenvalue weighted by atomic mass is 15.1. The molecule has 0 fully saturated rings. The van der Waals surface area contributed by atoms with Gasteiger partial charge in [0.15, 0.2) is 0 Å². The number of benzene rings is 12. The Labute approximate surface area is 438 Å². The summed E-state index contributed by atoms with van der Waals surface area (Å²) in [7, 11) is 0. The van der Waals surface area contributed by atoms with E-state index in [2.05, 4.69) is 313 Å². The highest BCUT2D eigenvalue weighted by Crippen LogP contribution is 2.57. The summed E-state index contributed by atoms with van der Waals surface area (Å²) in [5.41, 5.74) is 23.1. The van der Waals surface area contributed by atoms with Crippen LogP contribution in [-0.4, -0.2) is 4.57 Å². The molecule has 75 heavy (non-hydrogen) atoms. The Bertz CT molecular complexity index is 4160. The van der Waals surface area contributed by atoms with Crippen molar-refractivity contribution in [3.8, 4) is 61.3 Å². The largest absolute Gasteiger partial charge is 0.310 e. The van der Waals surface area contributed by atoms with Crippen LogP contribution in [0.5, 0.6) is 0 Å². The first-order valence-corrected chi connectivity index (χ1v) is 25.9. The average Bonchev–Trinajstić information content (AvgIpc) is 4.01. The molecule has 2 heteroatoms. The van der Waals surface area contributed by atoms with E-state index >= 15 is 0 Å². The fraction of sp³-hybridized carbons (Fsp3) is 0.0137. The van der Waals surface area contributed by atoms with Gasteiger partial charge in [-0.05, 0) is 139 Å². The Hall–Kier alpha value is -9.76. The average molecular weight is 955 g/mol. The minimum absolute atomic E-state index is 0.547. The maximum Gasteiger partial charge on any atom is 0.0714 e. The molecule has 2 nitrogen and oxygen atoms in total. The number of hydrogen-bond acceptors (Lipinski definition) is 1. The standard InChI is InChI=1S/C73H50N2/c1-6-22-51(23-7-1)52-38-41-58(42-39-52)74(60-44-47-65-64-34-18-20-36-69(64)73(70(65)50-60,55-26-10-3-11-27-55)56-28-12-4-13-29-56)59-43-46-63(68(49-59)53-24-8-2-9-25-53)62-33-17-16-32-61(62)54-40-45-67-66-35-19-21-37-71(66)75(72(67)48-54)57-30-14-5-15-31-57/h1-50H. The molecule has 0 N–H and O–H groups in total. The maximum absolute atomic E-state index is 2.47. The van der Waals surface area contributed by atoms with Gasteiger partial charge in [-0.25, -0.2) is 0 Å². The van der Waals surface area contributed by atoms with E-state index in [0.29, 0.717) is 0 Å². The molecule has 13 aromatic rings. The summed E-state index contributed by atoms with van der Waals surface area (Å²) < 4.78 is 2.41. The van der Waals surface area contributed by atoms with E-state index in [9.17, 15) is 0 Å². The number of para-hydroxylation sites is 2. The van der Waals surface area contributed by atoms with Gasteiger partial charge >= 0.3 is 0 Å². The minimum atomic E-state index is -0.547. The van der Waals surface area contributed by atoms with Crippen molar-refractivity contribution in [3.63, 3.8) is 0 Å². The van der Waals surface area contributed by atoms with Crippen molar-refractivity contribution in [2.45, 2.75) is 5.41 Å². The zero-order chi connectivity index (χ0) is 49.7. The van der Waals surface area contributed by atoms with Gasteiger partial charge in [0, 0.05) is 33.5 Å². The lowest BCUT2D eigenvalue weighted by Crippen LogP contribution is -2.28. The smallest absolute Gasteiger partial charge is 0.0714 e. The normalized spacial score (nSPS) is 12.4. The molecule has 352 valence electrons. The van der Waals surface area contributed by atoms with E-state index in [1.807, 2.05) is 0 Å². The van der Waals surface area contributed by atoms with Gasteiger partial charge < -0.3 is 9.47 Å². The van der Waals surface area contributed by atoms with E-state index in [-0.39, 0.29) is 0 Å². The Kier molecular flexibility index (Phi) is 10.8. The van der Waals surface area contributed by atoms with Gasteiger partial charge in [0.05, 0.1) is 16.4 Å². The third kappa shape index (κ3) is 7.33. The molecule has 0 atom stereocenters. The maximum atomic E-state index is 2.47. The van der Waals surface area contributed by atoms with Crippen LogP contribution in [0.4, 0.5) is 17.1 Å². The van der Waals surface area contributed by atoms with Crippen molar-refractivity contribution >= 4 is 38.9 Å². The number of nitrogens with zero attached hydrogens (tertiary/aromatic N) is 2. The SMILES string of the molecule is c1ccc(-c2ccc(N(c3ccc(-c4ccccc4-c4ccc5c6ccccc6n(-c6ccccc6)c5c4)c(-c4ccccc4)c3)c3ccc4c(c3)C(c3ccccc3)(c3ccccc3)c3ccccc3-4)cc2)cc1. The first kappa shape index (κ1) is 44.0. The molecule has 0 aliphatic heterocycles. The molecule has 14 rings (SSSR count). The highest BCUT2D eigenvalue weighted by molar-refractivity contribution is 6.10. The second-order valence-corrected chi connectivity index (χ2v) is 19.6. The fourth-order valence-corrected chi connectivity index (χ4v) is 12.2. The van der Waals surface area contributed by atoms with E-state index in [1.165, 1.54) is 88.6 Å². The molecule has 0 unspecified atom stereocenters. The third-order valence-electron chi connectivity index (χ3n) is 15.5. The predicted octanol–water partition coefficient (Wildman–Crippen LogP) is 19.3. The molecule has 1 heterocycles. The third-order valence-corrected chi connectivity index (χ3v) is 15.5. The van der Waals surface area contributed by atoms with Crippen LogP contribution in [0.2, 0.25) is 0 Å². The van der Waals surface area contributed by atoms with Crippen molar-refractivity contribution in [1.82, 2.24) is 4.57 Å². The Balaban J connectivity index is 0.976. The summed E-state index contributed by atoms with van der Waals surface area (Å²) in [4.78, 5) is 2.46. The number of fused-ring (bicyclic) bond motifs is 6. The monoisotopic (exact) mass is 954 g/mol. The molecule has 0 spiro atoms. The summed E-state index contributed by atoms with van der Waals surface area (Å²) in [6, 6.07) is 111. The molecule has 0 saturated heterocycles. The van der Waals surface area contributed by atoms with Crippen LogP contribution in [0.15, 0.2) is 303 Å². The topological polar surface area (TPSA) is 8.17 Å². The van der Waals surface area contributed by atoms with Gasteiger partial charge in [-0.3, -0.25) is 0 Å². The zero-order valence-corrected chi connectivity index (χ0v) is 41.3. The Morgan fingerprint density at radius 2 is 0.720 bits per heavy atom. The summed E-state index contributed by atoms with van der Waals surface area (Å²) in [6.07, 6.45) is 0. The van der Waals surface area contributed by atoms with Gasteiger partial charge in [-0.2, -0.15) is 0 Å². The summed E-state index contributed by atoms with van der Waals surface area (Å²) >= 11 is 0. The molecular formula is C73H50N2. The predicted molar refractivity (Wildman–Crippen MR) is 315 cm³/mol. The minimum Gasteiger partial charge on any atom is -0.310 e. The summed E-state index contributed by atoms with van der Waals surface area (Å²) in [6.45, 7) is 0. The molecule has 0 saturated carbocycles. The van der Waals surface area contributed by atoms with E-state index in [4.69, 9.17) is 0 Å². The van der Waals surface area contributed by atoms with Gasteiger partial charge in [-0.15, -0.1) is 0 Å². The Morgan fingerprint density at radius 1 is 0.253 bits per heavy atom. The molecule has 12 aromatic carbocycles. The van der Waals surface area contributed by atoms with Crippen molar-refractivity contribution < 1.29 is 0 Å². The summed E-state index contributed by atoms with van der Waals surface area (Å²) in [5, 5.41) is 2.48. The molecule has 0 radical (unpaired) electrons. The molecule has 1 aliphatic carbocycles. The first-order chi connectivity index (χ1) is 37.2. The van der Waals surface area contributed by atoms with E-state index in [1.54, 1.807) is 0 Å². The van der Waals surface area contributed by atoms with Crippen LogP contribution in [0.1, 0.15) is 22.3 Å². The van der Waals surface area contributed by atoms with Crippen molar-refractivity contribution in [2.24, 2.45) is 0 Å². The fourth-order valence-electron chi connectivity index (χ4n) is 12.2. The van der Waals surface area contributed by atoms with Crippen molar-refractivity contribution in [2.75, 3.05) is 4.90 Å². The second kappa shape index (κ2) is 18.4. The van der Waals surface area contributed by atoms with Gasteiger partial charge in [0.2, 0.25) is 0 Å². The van der Waals surface area contributed by atoms with Crippen LogP contribution in [0, 0.1) is 0 Å². The molecule has 1 aliphatic rings. The summed E-state index contributed by atoms with van der Waals surface area (Å²) in [5.74, 6) is 0. The number of aromatic nitrogens is 1. The van der Waals surface area contributed by atoms with E-state index in [0.717, 1.165) is 33.9 Å². The van der Waals surface area contributed by atoms with Crippen LogP contribution in [-0.2, 0) is 5.41 Å². The van der Waals surface area contributed by atoms with Crippen LogP contribution in [0.25, 0.3) is 83.1 Å². The molecule has 1 aromatic heterocycles. The number of hydrogen-bond donors (Lipinski definition) is 0.